The lowest BCUT2D eigenvalue weighted by Gasteiger charge is -2.45. The number of pyridine rings is 2. The van der Waals surface area contributed by atoms with E-state index in [0.717, 1.165) is 40.1 Å². The number of fused-ring (bicyclic) bond motifs is 2. The first-order chi connectivity index (χ1) is 27.2. The van der Waals surface area contributed by atoms with Crippen molar-refractivity contribution in [2.24, 2.45) is 59.0 Å². The number of carbonyl (C=O) groups excluding carboxylic acids is 2. The van der Waals surface area contributed by atoms with Crippen molar-refractivity contribution in [2.75, 3.05) is 0 Å². The second kappa shape index (κ2) is 16.5. The highest BCUT2D eigenvalue weighted by Crippen LogP contribution is 2.51. The summed E-state index contributed by atoms with van der Waals surface area (Å²) in [6, 6.07) is 20.8. The van der Waals surface area contributed by atoms with Crippen molar-refractivity contribution in [1.29, 1.82) is 0 Å². The Balaban J connectivity index is 0.000000174. The molecule has 0 bridgehead atoms. The summed E-state index contributed by atoms with van der Waals surface area (Å²) in [6.45, 7) is 12.8. The maximum absolute atomic E-state index is 13.4. The standard InChI is InChI=1S/C24H27FN2O2.C24H26FNO2/c1-14-12-24(26)22(16(3)29-23(24)28)21(15(14)2)10-9-20-8-7-18(13-27-20)17-5-4-6-19(25)11-17;1-14-11-22-23(16(3)28-24(22)27)21(15(14)2)10-9-20-8-7-18(13-26-20)17-5-4-6-19(25)12-17/h4-11,13-16,21-22H,12,26H2,1-3H3;4-10,12-16,21-23H,11H2,1-3H3/b2*10-9+/t14-,15+,16+,21-,22-,24-;14-,15+,16+,21-,22+,23-/m00/s1. The summed E-state index contributed by atoms with van der Waals surface area (Å²) >= 11 is 0. The van der Waals surface area contributed by atoms with Gasteiger partial charge in [-0.05, 0) is 122 Å². The van der Waals surface area contributed by atoms with E-state index in [4.69, 9.17) is 15.2 Å². The van der Waals surface area contributed by atoms with E-state index in [1.807, 2.05) is 62.4 Å². The maximum atomic E-state index is 13.4. The van der Waals surface area contributed by atoms with E-state index in [2.05, 4.69) is 49.8 Å². The predicted octanol–water partition coefficient (Wildman–Crippen LogP) is 9.82. The highest BCUT2D eigenvalue weighted by atomic mass is 19.1. The van der Waals surface area contributed by atoms with E-state index in [-0.39, 0.29) is 59.5 Å². The molecule has 2 aromatic carbocycles. The second-order valence-electron chi connectivity index (χ2n) is 17.0. The van der Waals surface area contributed by atoms with E-state index in [1.165, 1.54) is 24.3 Å². The van der Waals surface area contributed by atoms with Crippen molar-refractivity contribution in [3.8, 4) is 22.3 Å². The molecule has 2 saturated carbocycles. The number of carbonyl (C=O) groups is 2. The third-order valence-electron chi connectivity index (χ3n) is 13.4. The van der Waals surface area contributed by atoms with Crippen LogP contribution in [0.3, 0.4) is 0 Å². The Morgan fingerprint density at radius 1 is 0.684 bits per heavy atom. The fourth-order valence-electron chi connectivity index (χ4n) is 9.92. The molecule has 2 aliphatic heterocycles. The van der Waals surface area contributed by atoms with Gasteiger partial charge in [0.25, 0.3) is 0 Å². The molecule has 12 atom stereocenters. The molecule has 57 heavy (non-hydrogen) atoms. The Kier molecular flexibility index (Phi) is 11.6. The van der Waals surface area contributed by atoms with Gasteiger partial charge in [-0.25, -0.2) is 8.78 Å². The molecule has 2 N–H and O–H groups in total. The number of hydrogen-bond donors (Lipinski definition) is 1. The van der Waals surface area contributed by atoms with Crippen LogP contribution in [0.4, 0.5) is 8.78 Å². The molecule has 298 valence electrons. The molecule has 2 saturated heterocycles. The number of rotatable bonds is 6. The van der Waals surface area contributed by atoms with Gasteiger partial charge in [0.2, 0.25) is 0 Å². The van der Waals surface area contributed by atoms with Crippen LogP contribution in [0.15, 0.2) is 97.3 Å². The maximum Gasteiger partial charge on any atom is 0.326 e. The molecule has 0 amide bonds. The van der Waals surface area contributed by atoms with Gasteiger partial charge in [0, 0.05) is 35.4 Å². The average molecular weight is 774 g/mol. The lowest BCUT2D eigenvalue weighted by atomic mass is 9.59. The van der Waals surface area contributed by atoms with Crippen molar-refractivity contribution in [1.82, 2.24) is 9.97 Å². The van der Waals surface area contributed by atoms with Gasteiger partial charge in [0.15, 0.2) is 0 Å². The number of halogens is 2. The molecule has 4 aliphatic rings. The number of benzene rings is 2. The summed E-state index contributed by atoms with van der Waals surface area (Å²) < 4.78 is 37.9. The van der Waals surface area contributed by atoms with Crippen LogP contribution in [0.1, 0.15) is 65.8 Å². The topological polar surface area (TPSA) is 104 Å². The van der Waals surface area contributed by atoms with E-state index >= 15 is 0 Å². The van der Waals surface area contributed by atoms with Gasteiger partial charge in [-0.3, -0.25) is 19.6 Å². The first-order valence-corrected chi connectivity index (χ1v) is 20.2. The fourth-order valence-corrected chi connectivity index (χ4v) is 9.92. The number of cyclic esters (lactones) is 2. The Morgan fingerprint density at radius 3 is 1.75 bits per heavy atom. The predicted molar refractivity (Wildman–Crippen MR) is 219 cm³/mol. The molecular formula is C48H53F2N3O4. The molecule has 7 nitrogen and oxygen atoms in total. The third kappa shape index (κ3) is 8.22. The van der Waals surface area contributed by atoms with Gasteiger partial charge >= 0.3 is 11.9 Å². The van der Waals surface area contributed by atoms with E-state index in [9.17, 15) is 18.4 Å². The molecule has 2 aromatic heterocycles. The Labute approximate surface area is 334 Å². The summed E-state index contributed by atoms with van der Waals surface area (Å²) in [4.78, 5) is 33.6. The van der Waals surface area contributed by atoms with Crippen molar-refractivity contribution in [3.05, 3.63) is 120 Å². The normalized spacial score (nSPS) is 33.3. The number of ether oxygens (including phenoxy) is 2. The van der Waals surface area contributed by atoms with Gasteiger partial charge in [0.1, 0.15) is 29.4 Å². The van der Waals surface area contributed by atoms with Crippen LogP contribution in [0, 0.1) is 64.9 Å². The molecule has 4 fully saturated rings. The Bertz CT molecular complexity index is 2140. The first-order valence-electron chi connectivity index (χ1n) is 20.2. The van der Waals surface area contributed by atoms with Gasteiger partial charge in [-0.15, -0.1) is 0 Å². The van der Waals surface area contributed by atoms with Crippen molar-refractivity contribution < 1.29 is 27.8 Å². The van der Waals surface area contributed by atoms with E-state index < -0.39 is 5.54 Å². The second-order valence-corrected chi connectivity index (χ2v) is 17.0. The molecular weight excluding hydrogens is 721 g/mol. The lowest BCUT2D eigenvalue weighted by Crippen LogP contribution is -2.58. The van der Waals surface area contributed by atoms with Crippen molar-refractivity contribution in [2.45, 2.75) is 72.1 Å². The molecule has 9 heteroatoms. The highest BCUT2D eigenvalue weighted by molar-refractivity contribution is 5.84. The van der Waals surface area contributed by atoms with Crippen LogP contribution >= 0.6 is 0 Å². The van der Waals surface area contributed by atoms with Gasteiger partial charge < -0.3 is 15.2 Å². The zero-order chi connectivity index (χ0) is 40.6. The molecule has 8 rings (SSSR count). The number of nitrogens with two attached hydrogens (primary N) is 1. The molecule has 0 spiro atoms. The van der Waals surface area contributed by atoms with Gasteiger partial charge in [-0.2, -0.15) is 0 Å². The fraction of sp³-hybridized carbons (Fsp3) is 0.417. The van der Waals surface area contributed by atoms with Crippen LogP contribution in [0.2, 0.25) is 0 Å². The number of nitrogens with zero attached hydrogens (tertiary/aromatic N) is 2. The average Bonchev–Trinajstić information content (AvgIpc) is 3.59. The third-order valence-corrected chi connectivity index (χ3v) is 13.4. The quantitative estimate of drug-likeness (QED) is 0.195. The Morgan fingerprint density at radius 2 is 1.23 bits per heavy atom. The summed E-state index contributed by atoms with van der Waals surface area (Å²) in [6.07, 6.45) is 13.2. The van der Waals surface area contributed by atoms with Crippen molar-refractivity contribution >= 4 is 24.1 Å². The van der Waals surface area contributed by atoms with Gasteiger partial charge in [-0.1, -0.05) is 76.2 Å². The molecule has 4 aromatic rings. The SMILES string of the molecule is C[C@H]1[C@H](/C=C/c2ccc(-c3cccc(F)c3)cn2)[C@@H]2[C@@H](C)OC(=O)[C@@H]2C[C@@H]1C.C[C@H]1[C@H](/C=C/c2ccc(-c3cccc(F)c3)cn2)[C@@H]2[C@@H](C)OC(=O)[C@]2(N)C[C@@H]1C. The molecule has 0 unspecified atom stereocenters. The van der Waals surface area contributed by atoms with E-state index in [1.54, 1.807) is 24.5 Å². The largest absolute Gasteiger partial charge is 0.462 e. The highest BCUT2D eigenvalue weighted by Gasteiger charge is 2.60. The number of esters is 2. The van der Waals surface area contributed by atoms with Crippen LogP contribution < -0.4 is 5.73 Å². The van der Waals surface area contributed by atoms with E-state index in [0.29, 0.717) is 36.0 Å². The Hall–Kier alpha value is -5.02. The summed E-state index contributed by atoms with van der Waals surface area (Å²) in [5.41, 5.74) is 10.7. The number of allylic oxidation sites excluding steroid dienone is 2. The van der Waals surface area contributed by atoms with Crippen molar-refractivity contribution in [3.63, 3.8) is 0 Å². The smallest absolute Gasteiger partial charge is 0.326 e. The zero-order valence-electron chi connectivity index (χ0n) is 33.5. The van der Waals surface area contributed by atoms with Crippen LogP contribution in [-0.2, 0) is 19.1 Å². The molecule has 0 radical (unpaired) electrons. The minimum Gasteiger partial charge on any atom is -0.462 e. The molecule has 4 heterocycles. The van der Waals surface area contributed by atoms with Crippen LogP contribution in [0.5, 0.6) is 0 Å². The minimum atomic E-state index is -0.908. The number of hydrogen-bond acceptors (Lipinski definition) is 7. The lowest BCUT2D eigenvalue weighted by molar-refractivity contribution is -0.146. The van der Waals surface area contributed by atoms with Crippen LogP contribution in [-0.4, -0.2) is 39.7 Å². The number of aromatic nitrogens is 2. The van der Waals surface area contributed by atoms with Gasteiger partial charge in [0.05, 0.1) is 17.3 Å². The monoisotopic (exact) mass is 773 g/mol. The molecule has 2 aliphatic carbocycles. The first kappa shape index (κ1) is 40.2. The summed E-state index contributed by atoms with van der Waals surface area (Å²) in [7, 11) is 0. The summed E-state index contributed by atoms with van der Waals surface area (Å²) in [5, 5.41) is 0. The van der Waals surface area contributed by atoms with Crippen LogP contribution in [0.25, 0.3) is 34.4 Å². The zero-order valence-corrected chi connectivity index (χ0v) is 33.5. The minimum absolute atomic E-state index is 0.0131. The summed E-state index contributed by atoms with van der Waals surface area (Å²) in [5.74, 6) is 1.50.